The van der Waals surface area contributed by atoms with E-state index in [2.05, 4.69) is 23.9 Å². The summed E-state index contributed by atoms with van der Waals surface area (Å²) in [5.41, 5.74) is 1.10. The van der Waals surface area contributed by atoms with Gasteiger partial charge >= 0.3 is 0 Å². The summed E-state index contributed by atoms with van der Waals surface area (Å²) in [6.07, 6.45) is 3.45. The summed E-state index contributed by atoms with van der Waals surface area (Å²) >= 11 is 0. The first-order chi connectivity index (χ1) is 9.53. The first kappa shape index (κ1) is 15.5. The molecule has 2 rings (SSSR count). The molecule has 0 amide bonds. The van der Waals surface area contributed by atoms with Crippen LogP contribution in [-0.4, -0.2) is 21.5 Å². The smallest absolute Gasteiger partial charge is 0.240 e. The second-order valence-electron chi connectivity index (χ2n) is 5.48. The minimum Gasteiger partial charge on any atom is -0.310 e. The van der Waals surface area contributed by atoms with E-state index in [0.29, 0.717) is 11.4 Å². The summed E-state index contributed by atoms with van der Waals surface area (Å²) in [6.45, 7) is 5.56. The number of hydrogen-bond donors (Lipinski definition) is 2. The van der Waals surface area contributed by atoms with Crippen LogP contribution in [0.3, 0.4) is 0 Å². The van der Waals surface area contributed by atoms with E-state index in [0.717, 1.165) is 24.4 Å². The van der Waals surface area contributed by atoms with E-state index in [4.69, 9.17) is 0 Å². The van der Waals surface area contributed by atoms with Gasteiger partial charge in [0.1, 0.15) is 0 Å². The topological polar surface area (TPSA) is 58.2 Å². The van der Waals surface area contributed by atoms with Crippen molar-refractivity contribution in [2.75, 3.05) is 13.1 Å². The molecule has 0 radical (unpaired) electrons. The Balaban J connectivity index is 1.96. The van der Waals surface area contributed by atoms with E-state index in [-0.39, 0.29) is 6.04 Å². The van der Waals surface area contributed by atoms with E-state index in [1.807, 2.05) is 12.1 Å². The number of sulfonamides is 1. The maximum absolute atomic E-state index is 12.1. The van der Waals surface area contributed by atoms with Gasteiger partial charge in [0.05, 0.1) is 4.90 Å². The third-order valence-electron chi connectivity index (χ3n) is 3.74. The first-order valence-electron chi connectivity index (χ1n) is 7.36. The normalized spacial score (nSPS) is 17.1. The van der Waals surface area contributed by atoms with Gasteiger partial charge in [0.15, 0.2) is 0 Å². The number of rotatable bonds is 8. The molecule has 0 aromatic heterocycles. The summed E-state index contributed by atoms with van der Waals surface area (Å²) in [6, 6.07) is 7.36. The summed E-state index contributed by atoms with van der Waals surface area (Å²) in [5, 5.41) is 3.31. The van der Waals surface area contributed by atoms with Crippen LogP contribution in [0.2, 0.25) is 0 Å². The Morgan fingerprint density at radius 2 is 1.90 bits per heavy atom. The van der Waals surface area contributed by atoms with Crippen LogP contribution in [0.25, 0.3) is 0 Å². The van der Waals surface area contributed by atoms with Crippen molar-refractivity contribution in [3.63, 3.8) is 0 Å². The van der Waals surface area contributed by atoms with Crippen LogP contribution >= 0.6 is 0 Å². The zero-order valence-electron chi connectivity index (χ0n) is 12.2. The van der Waals surface area contributed by atoms with Crippen molar-refractivity contribution in [2.24, 2.45) is 5.92 Å². The average molecular weight is 296 g/mol. The molecule has 1 aromatic carbocycles. The molecule has 112 valence electrons. The maximum atomic E-state index is 12.1. The van der Waals surface area contributed by atoms with Crippen LogP contribution in [0.1, 0.15) is 44.7 Å². The largest absolute Gasteiger partial charge is 0.310 e. The molecule has 4 nitrogen and oxygen atoms in total. The molecule has 0 heterocycles. The Kier molecular flexibility index (Phi) is 5.18. The molecule has 0 bridgehead atoms. The molecule has 0 saturated heterocycles. The Bertz CT molecular complexity index is 521. The highest BCUT2D eigenvalue weighted by molar-refractivity contribution is 7.89. The minimum atomic E-state index is -3.35. The van der Waals surface area contributed by atoms with Crippen molar-refractivity contribution in [3.8, 4) is 0 Å². The van der Waals surface area contributed by atoms with Gasteiger partial charge in [0, 0.05) is 12.6 Å². The molecule has 2 N–H and O–H groups in total. The lowest BCUT2D eigenvalue weighted by molar-refractivity contribution is 0.574. The van der Waals surface area contributed by atoms with Crippen LogP contribution in [0.15, 0.2) is 29.2 Å². The fraction of sp³-hybridized carbons (Fsp3) is 0.600. The third kappa shape index (κ3) is 4.30. The van der Waals surface area contributed by atoms with Gasteiger partial charge in [-0.05, 0) is 43.5 Å². The predicted octanol–water partition coefficient (Wildman–Crippen LogP) is 2.44. The summed E-state index contributed by atoms with van der Waals surface area (Å²) in [5.74, 6) is 0.737. The maximum Gasteiger partial charge on any atom is 0.240 e. The van der Waals surface area contributed by atoms with Gasteiger partial charge < -0.3 is 5.32 Å². The van der Waals surface area contributed by atoms with Crippen molar-refractivity contribution in [1.82, 2.24) is 10.0 Å². The quantitative estimate of drug-likeness (QED) is 0.774. The standard InChI is InChI=1S/C15H24N2O2S/c1-3-16-12(2)14-6-8-15(9-7-14)20(18,19)17-11-10-13-4-5-13/h6-9,12-13,16-17H,3-5,10-11H2,1-2H3. The van der Waals surface area contributed by atoms with Gasteiger partial charge in [-0.15, -0.1) is 0 Å². The predicted molar refractivity (Wildman–Crippen MR) is 81.1 cm³/mol. The molecule has 1 atom stereocenters. The molecule has 20 heavy (non-hydrogen) atoms. The van der Waals surface area contributed by atoms with Crippen LogP contribution in [0, 0.1) is 5.92 Å². The van der Waals surface area contributed by atoms with Crippen molar-refractivity contribution >= 4 is 10.0 Å². The first-order valence-corrected chi connectivity index (χ1v) is 8.84. The fourth-order valence-electron chi connectivity index (χ4n) is 2.25. The average Bonchev–Trinajstić information content (AvgIpc) is 3.23. The van der Waals surface area contributed by atoms with Crippen molar-refractivity contribution < 1.29 is 8.42 Å². The van der Waals surface area contributed by atoms with E-state index < -0.39 is 10.0 Å². The Morgan fingerprint density at radius 3 is 2.45 bits per heavy atom. The highest BCUT2D eigenvalue weighted by Gasteiger charge is 2.22. The van der Waals surface area contributed by atoms with Gasteiger partial charge in [0.2, 0.25) is 10.0 Å². The highest BCUT2D eigenvalue weighted by atomic mass is 32.2. The molecule has 0 spiro atoms. The molecule has 1 unspecified atom stereocenters. The second-order valence-corrected chi connectivity index (χ2v) is 7.25. The van der Waals surface area contributed by atoms with E-state index in [1.54, 1.807) is 12.1 Å². The molecule has 1 fully saturated rings. The lowest BCUT2D eigenvalue weighted by Gasteiger charge is -2.13. The molecule has 1 aliphatic rings. The Hall–Kier alpha value is -0.910. The molecule has 1 saturated carbocycles. The Labute approximate surface area is 122 Å². The monoisotopic (exact) mass is 296 g/mol. The number of nitrogens with one attached hydrogen (secondary N) is 2. The van der Waals surface area contributed by atoms with Crippen LogP contribution < -0.4 is 10.0 Å². The van der Waals surface area contributed by atoms with Gasteiger partial charge in [-0.25, -0.2) is 13.1 Å². The zero-order chi connectivity index (χ0) is 14.6. The lowest BCUT2D eigenvalue weighted by atomic mass is 10.1. The van der Waals surface area contributed by atoms with Gasteiger partial charge in [-0.3, -0.25) is 0 Å². The minimum absolute atomic E-state index is 0.236. The number of benzene rings is 1. The molecule has 0 aliphatic heterocycles. The van der Waals surface area contributed by atoms with E-state index >= 15 is 0 Å². The van der Waals surface area contributed by atoms with Gasteiger partial charge in [-0.1, -0.05) is 31.9 Å². The molecular weight excluding hydrogens is 272 g/mol. The number of hydrogen-bond acceptors (Lipinski definition) is 3. The second kappa shape index (κ2) is 6.70. The van der Waals surface area contributed by atoms with E-state index in [9.17, 15) is 8.42 Å². The summed E-state index contributed by atoms with van der Waals surface area (Å²) in [7, 11) is -3.35. The van der Waals surface area contributed by atoms with Crippen molar-refractivity contribution in [2.45, 2.75) is 44.0 Å². The summed E-state index contributed by atoms with van der Waals surface area (Å²) < 4.78 is 26.9. The van der Waals surface area contributed by atoms with Crippen molar-refractivity contribution in [3.05, 3.63) is 29.8 Å². The Morgan fingerprint density at radius 1 is 1.25 bits per heavy atom. The van der Waals surface area contributed by atoms with Gasteiger partial charge in [-0.2, -0.15) is 0 Å². The molecule has 5 heteroatoms. The molecule has 1 aliphatic carbocycles. The van der Waals surface area contributed by atoms with E-state index in [1.165, 1.54) is 12.8 Å². The third-order valence-corrected chi connectivity index (χ3v) is 5.22. The summed E-state index contributed by atoms with van der Waals surface area (Å²) in [4.78, 5) is 0.348. The molecule has 1 aromatic rings. The fourth-order valence-corrected chi connectivity index (χ4v) is 3.29. The highest BCUT2D eigenvalue weighted by Crippen LogP contribution is 2.31. The molecular formula is C15H24N2O2S. The lowest BCUT2D eigenvalue weighted by Crippen LogP contribution is -2.25. The zero-order valence-corrected chi connectivity index (χ0v) is 13.0. The SMILES string of the molecule is CCNC(C)c1ccc(S(=O)(=O)NCCC2CC2)cc1. The van der Waals surface area contributed by atoms with Crippen LogP contribution in [0.5, 0.6) is 0 Å². The van der Waals surface area contributed by atoms with Crippen molar-refractivity contribution in [1.29, 1.82) is 0 Å². The van der Waals surface area contributed by atoms with Crippen LogP contribution in [-0.2, 0) is 10.0 Å². The van der Waals surface area contributed by atoms with Gasteiger partial charge in [0.25, 0.3) is 0 Å². The van der Waals surface area contributed by atoms with Crippen LogP contribution in [0.4, 0.5) is 0 Å².